The number of benzene rings is 1. The van der Waals surface area contributed by atoms with Crippen LogP contribution in [0.5, 0.6) is 17.4 Å². The third kappa shape index (κ3) is 9.82. The molecule has 40 heavy (non-hydrogen) atoms. The quantitative estimate of drug-likeness (QED) is 0.274. The number of carbonyl (C=O) groups excluding carboxylic acids is 1. The topological polar surface area (TPSA) is 138 Å². The zero-order valence-corrected chi connectivity index (χ0v) is 22.5. The van der Waals surface area contributed by atoms with Crippen molar-refractivity contribution in [2.45, 2.75) is 19.2 Å². The summed E-state index contributed by atoms with van der Waals surface area (Å²) in [5.41, 5.74) is -0.0801. The first kappa shape index (κ1) is 30.9. The number of aromatic nitrogens is 2. The molecule has 1 amide bonds. The van der Waals surface area contributed by atoms with Gasteiger partial charge in [0.05, 0.1) is 12.2 Å². The minimum absolute atomic E-state index is 0.00227. The number of nitrogens with one attached hydrogen (secondary N) is 2. The Morgan fingerprint density at radius 2 is 1.93 bits per heavy atom. The molecular formula is C24H24ClF3N4O7S. The summed E-state index contributed by atoms with van der Waals surface area (Å²) in [6.07, 6.45) is -1.90. The number of pyridine rings is 2. The molecule has 0 unspecified atom stereocenters. The fourth-order valence-corrected chi connectivity index (χ4v) is 3.96. The Hall–Kier alpha value is -3.66. The molecule has 0 saturated heterocycles. The lowest BCUT2D eigenvalue weighted by Crippen LogP contribution is -2.41. The Morgan fingerprint density at radius 3 is 2.60 bits per heavy atom. The van der Waals surface area contributed by atoms with Gasteiger partial charge in [0.2, 0.25) is 5.88 Å². The van der Waals surface area contributed by atoms with Crippen LogP contribution >= 0.6 is 11.6 Å². The van der Waals surface area contributed by atoms with E-state index in [2.05, 4.69) is 14.7 Å². The van der Waals surface area contributed by atoms with Crippen molar-refractivity contribution in [3.8, 4) is 17.4 Å². The van der Waals surface area contributed by atoms with Crippen LogP contribution in [0.2, 0.25) is 5.02 Å². The normalized spacial score (nSPS) is 11.6. The molecule has 0 aliphatic carbocycles. The zero-order valence-electron chi connectivity index (χ0n) is 20.9. The van der Waals surface area contributed by atoms with E-state index in [0.717, 1.165) is 5.56 Å². The molecule has 0 spiro atoms. The number of rotatable bonds is 13. The maximum atomic E-state index is 13.0. The molecule has 2 N–H and O–H groups in total. The van der Waals surface area contributed by atoms with E-state index >= 15 is 0 Å². The van der Waals surface area contributed by atoms with Crippen molar-refractivity contribution in [2.75, 3.05) is 26.9 Å². The van der Waals surface area contributed by atoms with E-state index in [9.17, 15) is 26.4 Å². The summed E-state index contributed by atoms with van der Waals surface area (Å²) in [5, 5.41) is -0.423. The molecule has 0 bridgehead atoms. The predicted molar refractivity (Wildman–Crippen MR) is 136 cm³/mol. The van der Waals surface area contributed by atoms with Crippen LogP contribution in [-0.4, -0.2) is 51.3 Å². The van der Waals surface area contributed by atoms with E-state index in [0.29, 0.717) is 24.4 Å². The summed E-state index contributed by atoms with van der Waals surface area (Å²) in [6, 6.07) is 8.46. The second-order valence-corrected chi connectivity index (χ2v) is 9.82. The van der Waals surface area contributed by atoms with E-state index in [-0.39, 0.29) is 37.0 Å². The Kier molecular flexibility index (Phi) is 10.9. The summed E-state index contributed by atoms with van der Waals surface area (Å²) in [6.45, 7) is -0.0297. The third-order valence-corrected chi connectivity index (χ3v) is 6.23. The summed E-state index contributed by atoms with van der Waals surface area (Å²) in [4.78, 5) is 19.7. The molecule has 1 aromatic carbocycles. The highest BCUT2D eigenvalue weighted by Crippen LogP contribution is 2.36. The van der Waals surface area contributed by atoms with Crippen molar-refractivity contribution in [3.05, 3.63) is 76.7 Å². The number of ether oxygens (including phenoxy) is 4. The summed E-state index contributed by atoms with van der Waals surface area (Å²) in [7, 11) is -2.75. The average molecular weight is 605 g/mol. The molecule has 0 aliphatic rings. The molecule has 0 aliphatic heterocycles. The van der Waals surface area contributed by atoms with Gasteiger partial charge in [0, 0.05) is 43.9 Å². The molecule has 16 heteroatoms. The van der Waals surface area contributed by atoms with Gasteiger partial charge < -0.3 is 18.9 Å². The molecule has 3 aromatic rings. The predicted octanol–water partition coefficient (Wildman–Crippen LogP) is 4.27. The number of carbonyl (C=O) groups is 1. The van der Waals surface area contributed by atoms with Gasteiger partial charge in [-0.15, -0.1) is 0 Å². The van der Waals surface area contributed by atoms with E-state index in [1.807, 2.05) is 0 Å². The summed E-state index contributed by atoms with van der Waals surface area (Å²) < 4.78 is 88.2. The van der Waals surface area contributed by atoms with Crippen molar-refractivity contribution < 1.29 is 45.3 Å². The Labute approximate surface area is 232 Å². The highest BCUT2D eigenvalue weighted by atomic mass is 35.5. The second kappa shape index (κ2) is 14.1. The number of hydrogen-bond donors (Lipinski definition) is 2. The molecular weight excluding hydrogens is 581 g/mol. The zero-order chi connectivity index (χ0) is 29.2. The number of hydrogen-bond acceptors (Lipinski definition) is 9. The van der Waals surface area contributed by atoms with Crippen LogP contribution in [0.15, 0.2) is 55.0 Å². The van der Waals surface area contributed by atoms with Gasteiger partial charge in [-0.1, -0.05) is 17.7 Å². The van der Waals surface area contributed by atoms with Gasteiger partial charge in [-0.25, -0.2) is 14.5 Å². The minimum atomic E-state index is -4.66. The fourth-order valence-electron chi connectivity index (χ4n) is 3.04. The van der Waals surface area contributed by atoms with Gasteiger partial charge in [-0.3, -0.25) is 4.98 Å². The molecule has 2 aromatic heterocycles. The smallest absolute Gasteiger partial charge is 0.422 e. The van der Waals surface area contributed by atoms with Gasteiger partial charge >= 0.3 is 22.5 Å². The van der Waals surface area contributed by atoms with Crippen molar-refractivity contribution in [1.82, 2.24) is 19.4 Å². The first-order valence-electron chi connectivity index (χ1n) is 11.4. The lowest BCUT2D eigenvalue weighted by Gasteiger charge is -2.15. The molecule has 11 nitrogen and oxygen atoms in total. The van der Waals surface area contributed by atoms with Crippen LogP contribution in [0, 0.1) is 0 Å². The first-order valence-corrected chi connectivity index (χ1v) is 13.3. The second-order valence-electron chi connectivity index (χ2n) is 7.91. The van der Waals surface area contributed by atoms with E-state index in [1.165, 1.54) is 25.3 Å². The van der Waals surface area contributed by atoms with Crippen LogP contribution < -0.4 is 18.9 Å². The standard InChI is InChI=1S/C24H24ClF3N4O7S/c1-36-9-10-37-19-5-4-17(21(12-19)39-22-20(25)11-18(14-30-22)24(26,27)28)15-38-23(33)32-40(34,35)31-8-6-16-3-2-7-29-13-16/h2-5,7,11-14,31H,6,8-10,15H2,1H3,(H,32,33). The van der Waals surface area contributed by atoms with E-state index < -0.39 is 39.7 Å². The first-order chi connectivity index (χ1) is 19.0. The SMILES string of the molecule is COCCOc1ccc(COC(=O)NS(=O)(=O)NCCc2cccnc2)c(Oc2ncc(C(F)(F)F)cc2Cl)c1. The number of nitrogens with zero attached hydrogens (tertiary/aromatic N) is 2. The van der Waals surface area contributed by atoms with Crippen LogP contribution in [0.4, 0.5) is 18.0 Å². The van der Waals surface area contributed by atoms with Gasteiger partial charge in [0.25, 0.3) is 0 Å². The molecule has 0 fully saturated rings. The monoisotopic (exact) mass is 604 g/mol. The lowest BCUT2D eigenvalue weighted by atomic mass is 10.2. The highest BCUT2D eigenvalue weighted by Gasteiger charge is 2.32. The number of halogens is 4. The molecule has 0 radical (unpaired) electrons. The Morgan fingerprint density at radius 1 is 1.12 bits per heavy atom. The van der Waals surface area contributed by atoms with E-state index in [1.54, 1.807) is 29.2 Å². The summed E-state index contributed by atoms with van der Waals surface area (Å²) in [5.74, 6) is -0.0761. The highest BCUT2D eigenvalue weighted by molar-refractivity contribution is 7.88. The Bertz CT molecular complexity index is 1400. The molecule has 216 valence electrons. The average Bonchev–Trinajstić information content (AvgIpc) is 2.89. The van der Waals surface area contributed by atoms with Gasteiger partial charge in [-0.2, -0.15) is 26.3 Å². The van der Waals surface area contributed by atoms with Crippen LogP contribution in [0.3, 0.4) is 0 Å². The van der Waals surface area contributed by atoms with Crippen LogP contribution in [0.1, 0.15) is 16.7 Å². The van der Waals surface area contributed by atoms with E-state index in [4.69, 9.17) is 30.5 Å². The molecule has 0 atom stereocenters. The van der Waals surface area contributed by atoms with Crippen molar-refractivity contribution >= 4 is 27.9 Å². The molecule has 2 heterocycles. The van der Waals surface area contributed by atoms with Crippen LogP contribution in [0.25, 0.3) is 0 Å². The number of alkyl halides is 3. The number of amides is 1. The molecule has 0 saturated carbocycles. The fraction of sp³-hybridized carbons (Fsp3) is 0.292. The molecule has 3 rings (SSSR count). The van der Waals surface area contributed by atoms with Gasteiger partial charge in [0.1, 0.15) is 29.7 Å². The van der Waals surface area contributed by atoms with Crippen molar-refractivity contribution in [3.63, 3.8) is 0 Å². The van der Waals surface area contributed by atoms with Crippen molar-refractivity contribution in [2.24, 2.45) is 0 Å². The Balaban J connectivity index is 1.67. The van der Waals surface area contributed by atoms with Crippen LogP contribution in [-0.2, 0) is 38.9 Å². The largest absolute Gasteiger partial charge is 0.491 e. The lowest BCUT2D eigenvalue weighted by molar-refractivity contribution is -0.137. The van der Waals surface area contributed by atoms with Gasteiger partial charge in [0.15, 0.2) is 0 Å². The minimum Gasteiger partial charge on any atom is -0.491 e. The third-order valence-electron chi connectivity index (χ3n) is 4.94. The maximum Gasteiger partial charge on any atom is 0.422 e. The maximum absolute atomic E-state index is 13.0. The number of methoxy groups -OCH3 is 1. The van der Waals surface area contributed by atoms with Gasteiger partial charge in [-0.05, 0) is 36.2 Å². The van der Waals surface area contributed by atoms with Crippen molar-refractivity contribution in [1.29, 1.82) is 0 Å². The summed E-state index contributed by atoms with van der Waals surface area (Å²) >= 11 is 5.95.